The molecule has 5 nitrogen and oxygen atoms in total. The van der Waals surface area contributed by atoms with Gasteiger partial charge in [0.15, 0.2) is 11.6 Å². The standard InChI is InChI=1S/C31H29F2N3O2/c1-18(37)6-7-20-11-25(32)15-26(12-20)36(31(38)27-13-19-8-9-21(27)10-19)17-23-5-3-4-22-14-24-16-34-35(2)30(24)29(33)28(22)23/h3-7,11-12,14-16,19,21,27H,8-10,13,17H2,1-2H3/b7-6+/t19-,21+,27?/m0/s1. The molecule has 1 heterocycles. The highest BCUT2D eigenvalue weighted by molar-refractivity contribution is 6.01. The van der Waals surface area contributed by atoms with Crippen molar-refractivity contribution in [3.63, 3.8) is 0 Å². The van der Waals surface area contributed by atoms with Gasteiger partial charge in [-0.2, -0.15) is 5.10 Å². The van der Waals surface area contributed by atoms with E-state index in [4.69, 9.17) is 0 Å². The van der Waals surface area contributed by atoms with Crippen molar-refractivity contribution in [1.29, 1.82) is 0 Å². The molecule has 2 aliphatic carbocycles. The van der Waals surface area contributed by atoms with Crippen LogP contribution >= 0.6 is 0 Å². The lowest BCUT2D eigenvalue weighted by molar-refractivity contribution is -0.124. The Labute approximate surface area is 219 Å². The van der Waals surface area contributed by atoms with E-state index in [-0.39, 0.29) is 30.0 Å². The number of aryl methyl sites for hydroxylation is 1. The van der Waals surface area contributed by atoms with E-state index in [0.29, 0.717) is 44.9 Å². The van der Waals surface area contributed by atoms with E-state index in [1.54, 1.807) is 30.3 Å². The molecule has 0 spiro atoms. The van der Waals surface area contributed by atoms with Gasteiger partial charge in [-0.3, -0.25) is 14.3 Å². The number of allylic oxidation sites excluding steroid dienone is 1. The maximum absolute atomic E-state index is 15.9. The zero-order valence-corrected chi connectivity index (χ0v) is 21.5. The average Bonchev–Trinajstić information content (AvgIpc) is 3.62. The van der Waals surface area contributed by atoms with Crippen molar-refractivity contribution in [2.75, 3.05) is 4.90 Å². The Morgan fingerprint density at radius 3 is 2.68 bits per heavy atom. The Kier molecular flexibility index (Phi) is 6.09. The minimum absolute atomic E-state index is 0.0525. The summed E-state index contributed by atoms with van der Waals surface area (Å²) in [5.41, 5.74) is 1.93. The number of halogens is 2. The monoisotopic (exact) mass is 513 g/mol. The van der Waals surface area contributed by atoms with E-state index >= 15 is 4.39 Å². The largest absolute Gasteiger partial charge is 0.308 e. The number of hydrogen-bond acceptors (Lipinski definition) is 3. The van der Waals surface area contributed by atoms with Gasteiger partial charge in [-0.25, -0.2) is 8.78 Å². The summed E-state index contributed by atoms with van der Waals surface area (Å²) in [4.78, 5) is 27.2. The van der Waals surface area contributed by atoms with Crippen LogP contribution in [0.3, 0.4) is 0 Å². The van der Waals surface area contributed by atoms with E-state index in [1.807, 2.05) is 24.3 Å². The summed E-state index contributed by atoms with van der Waals surface area (Å²) in [6.07, 6.45) is 8.65. The number of fused-ring (bicyclic) bond motifs is 4. The molecule has 3 atom stereocenters. The van der Waals surface area contributed by atoms with E-state index in [2.05, 4.69) is 5.10 Å². The Morgan fingerprint density at radius 2 is 1.95 bits per heavy atom. The third-order valence-corrected chi connectivity index (χ3v) is 8.27. The summed E-state index contributed by atoms with van der Waals surface area (Å²) in [6.45, 7) is 1.53. The molecule has 194 valence electrons. The number of carbonyl (C=O) groups excluding carboxylic acids is 2. The summed E-state index contributed by atoms with van der Waals surface area (Å²) >= 11 is 0. The van der Waals surface area contributed by atoms with Gasteiger partial charge in [-0.05, 0) is 84.9 Å². The second-order valence-electron chi connectivity index (χ2n) is 10.8. The first-order valence-electron chi connectivity index (χ1n) is 13.1. The van der Waals surface area contributed by atoms with Crippen molar-refractivity contribution in [2.45, 2.75) is 39.2 Å². The van der Waals surface area contributed by atoms with Crippen molar-refractivity contribution in [3.8, 4) is 0 Å². The minimum Gasteiger partial charge on any atom is -0.308 e. The van der Waals surface area contributed by atoms with Gasteiger partial charge in [0.25, 0.3) is 0 Å². The molecular weight excluding hydrogens is 484 g/mol. The molecule has 4 aromatic rings. The van der Waals surface area contributed by atoms with Crippen LogP contribution in [0, 0.1) is 29.4 Å². The lowest BCUT2D eigenvalue weighted by Gasteiger charge is -2.30. The fraction of sp³-hybridized carbons (Fsp3) is 0.323. The molecule has 1 amide bonds. The van der Waals surface area contributed by atoms with Gasteiger partial charge >= 0.3 is 0 Å². The maximum atomic E-state index is 15.9. The van der Waals surface area contributed by atoms with Crippen molar-refractivity contribution in [2.24, 2.45) is 24.8 Å². The molecule has 1 aromatic heterocycles. The molecule has 0 aliphatic heterocycles. The number of benzene rings is 3. The number of amides is 1. The summed E-state index contributed by atoms with van der Waals surface area (Å²) in [6, 6.07) is 11.8. The molecule has 38 heavy (non-hydrogen) atoms. The number of anilines is 1. The maximum Gasteiger partial charge on any atom is 0.230 e. The van der Waals surface area contributed by atoms with Gasteiger partial charge in [-0.1, -0.05) is 30.7 Å². The Bertz CT molecular complexity index is 1620. The van der Waals surface area contributed by atoms with E-state index < -0.39 is 5.82 Å². The number of hydrogen-bond donors (Lipinski definition) is 0. The van der Waals surface area contributed by atoms with Crippen molar-refractivity contribution in [3.05, 3.63) is 77.5 Å². The van der Waals surface area contributed by atoms with E-state index in [0.717, 1.165) is 31.1 Å². The smallest absolute Gasteiger partial charge is 0.230 e. The zero-order valence-electron chi connectivity index (χ0n) is 21.5. The highest BCUT2D eigenvalue weighted by Crippen LogP contribution is 2.49. The van der Waals surface area contributed by atoms with Crippen LogP contribution in [0.2, 0.25) is 0 Å². The second kappa shape index (κ2) is 9.46. The Hall–Kier alpha value is -3.87. The topological polar surface area (TPSA) is 55.2 Å². The van der Waals surface area contributed by atoms with E-state index in [1.165, 1.54) is 29.8 Å². The summed E-state index contributed by atoms with van der Waals surface area (Å²) in [5.74, 6) is -0.329. The van der Waals surface area contributed by atoms with Crippen molar-refractivity contribution in [1.82, 2.24) is 9.78 Å². The van der Waals surface area contributed by atoms with Crippen LogP contribution in [-0.4, -0.2) is 21.5 Å². The van der Waals surface area contributed by atoms with E-state index in [9.17, 15) is 14.0 Å². The summed E-state index contributed by atoms with van der Waals surface area (Å²) < 4.78 is 32.3. The molecule has 2 fully saturated rings. The number of aromatic nitrogens is 2. The third-order valence-electron chi connectivity index (χ3n) is 8.27. The van der Waals surface area contributed by atoms with Crippen LogP contribution in [0.25, 0.3) is 27.8 Å². The highest BCUT2D eigenvalue weighted by atomic mass is 19.1. The fourth-order valence-corrected chi connectivity index (χ4v) is 6.53. The van der Waals surface area contributed by atoms with Gasteiger partial charge in [0, 0.05) is 29.4 Å². The summed E-state index contributed by atoms with van der Waals surface area (Å²) in [5, 5.41) is 6.07. The molecule has 2 bridgehead atoms. The quantitative estimate of drug-likeness (QED) is 0.274. The van der Waals surface area contributed by atoms with Crippen molar-refractivity contribution < 1.29 is 18.4 Å². The van der Waals surface area contributed by atoms with Gasteiger partial charge < -0.3 is 4.90 Å². The molecule has 6 rings (SSSR count). The lowest BCUT2D eigenvalue weighted by atomic mass is 9.87. The number of rotatable bonds is 6. The number of carbonyl (C=O) groups is 2. The van der Waals surface area contributed by atoms with Gasteiger partial charge in [0.1, 0.15) is 11.3 Å². The molecule has 0 saturated heterocycles. The van der Waals surface area contributed by atoms with Crippen LogP contribution in [-0.2, 0) is 23.2 Å². The molecule has 3 aromatic carbocycles. The second-order valence-corrected chi connectivity index (χ2v) is 10.8. The Morgan fingerprint density at radius 1 is 1.11 bits per heavy atom. The first-order valence-corrected chi connectivity index (χ1v) is 13.1. The number of nitrogens with zero attached hydrogens (tertiary/aromatic N) is 3. The molecule has 1 unspecified atom stereocenters. The van der Waals surface area contributed by atoms with Crippen LogP contribution in [0.5, 0.6) is 0 Å². The number of ketones is 1. The van der Waals surface area contributed by atoms with Crippen LogP contribution in [0.15, 0.2) is 54.7 Å². The first-order chi connectivity index (χ1) is 18.3. The minimum atomic E-state index is -0.503. The lowest BCUT2D eigenvalue weighted by Crippen LogP contribution is -2.38. The fourth-order valence-electron chi connectivity index (χ4n) is 6.53. The predicted molar refractivity (Wildman–Crippen MR) is 144 cm³/mol. The predicted octanol–water partition coefficient (Wildman–Crippen LogP) is 6.58. The normalized spacial score (nSPS) is 20.7. The first kappa shape index (κ1) is 24.5. The molecule has 2 saturated carbocycles. The SMILES string of the molecule is CC(=O)/C=C/c1cc(F)cc(N(Cc2cccc3cc4cnn(C)c4c(F)c23)C(=O)C2C[C@H]3CC[C@@H]2C3)c1. The van der Waals surface area contributed by atoms with Crippen molar-refractivity contribution >= 4 is 45.1 Å². The van der Waals surface area contributed by atoms with Gasteiger partial charge in [0.2, 0.25) is 5.91 Å². The molecular formula is C31H29F2N3O2. The van der Waals surface area contributed by atoms with Crippen LogP contribution in [0.4, 0.5) is 14.5 Å². The van der Waals surface area contributed by atoms with Crippen LogP contribution < -0.4 is 4.90 Å². The van der Waals surface area contributed by atoms with Gasteiger partial charge in [0.05, 0.1) is 12.7 Å². The molecule has 0 N–H and O–H groups in total. The zero-order chi connectivity index (χ0) is 26.6. The van der Waals surface area contributed by atoms with Gasteiger partial charge in [-0.15, -0.1) is 0 Å². The third kappa shape index (κ3) is 4.30. The average molecular weight is 514 g/mol. The molecule has 7 heteroatoms. The molecule has 0 radical (unpaired) electrons. The highest BCUT2D eigenvalue weighted by Gasteiger charge is 2.44. The van der Waals surface area contributed by atoms with Crippen LogP contribution in [0.1, 0.15) is 43.7 Å². The Balaban J connectivity index is 1.47. The molecule has 2 aliphatic rings. The summed E-state index contributed by atoms with van der Waals surface area (Å²) in [7, 11) is 1.70.